The van der Waals surface area contributed by atoms with Crippen molar-refractivity contribution < 1.29 is 9.90 Å². The summed E-state index contributed by atoms with van der Waals surface area (Å²) in [4.78, 5) is 12.0. The van der Waals surface area contributed by atoms with Gasteiger partial charge in [-0.2, -0.15) is 5.10 Å². The lowest BCUT2D eigenvalue weighted by Gasteiger charge is -2.09. The summed E-state index contributed by atoms with van der Waals surface area (Å²) >= 11 is 0. The Morgan fingerprint density at radius 2 is 2.33 bits per heavy atom. The Kier molecular flexibility index (Phi) is 5.13. The van der Waals surface area contributed by atoms with Crippen molar-refractivity contribution in [1.82, 2.24) is 10.2 Å². The van der Waals surface area contributed by atoms with E-state index in [9.17, 15) is 4.79 Å². The molecule has 0 saturated carbocycles. The third-order valence-corrected chi connectivity index (χ3v) is 2.96. The monoisotopic (exact) mass is 283 g/mol. The summed E-state index contributed by atoms with van der Waals surface area (Å²) in [6.45, 7) is 2.08. The van der Waals surface area contributed by atoms with Crippen molar-refractivity contribution in [2.24, 2.45) is 0 Å². The van der Waals surface area contributed by atoms with Crippen LogP contribution in [0.4, 0.5) is 5.69 Å². The standard InChI is InChI=1S/C16H17N3O2/c1-2-13-9-12(5-3-4-8-20)6-7-15(13)19-16(21)14-10-17-18-11-14/h6-7,9-11,20H,2,4,8H2,1H3,(H,17,18)(H,19,21). The minimum Gasteiger partial charge on any atom is -0.395 e. The number of nitrogens with one attached hydrogen (secondary N) is 2. The highest BCUT2D eigenvalue weighted by atomic mass is 16.2. The van der Waals surface area contributed by atoms with E-state index in [1.165, 1.54) is 6.20 Å². The number of benzene rings is 1. The molecule has 21 heavy (non-hydrogen) atoms. The number of hydrogen-bond acceptors (Lipinski definition) is 3. The van der Waals surface area contributed by atoms with Crippen LogP contribution in [0.2, 0.25) is 0 Å². The van der Waals surface area contributed by atoms with Gasteiger partial charge in [-0.3, -0.25) is 9.89 Å². The fourth-order valence-corrected chi connectivity index (χ4v) is 1.88. The van der Waals surface area contributed by atoms with Crippen LogP contribution in [0.25, 0.3) is 0 Å². The summed E-state index contributed by atoms with van der Waals surface area (Å²) in [6.07, 6.45) is 4.28. The summed E-state index contributed by atoms with van der Waals surface area (Å²) in [5.41, 5.74) is 3.16. The molecular weight excluding hydrogens is 266 g/mol. The number of aliphatic hydroxyl groups excluding tert-OH is 1. The van der Waals surface area contributed by atoms with E-state index >= 15 is 0 Å². The molecule has 5 heteroatoms. The lowest BCUT2D eigenvalue weighted by Crippen LogP contribution is -2.12. The SMILES string of the molecule is CCc1cc(C#CCCO)ccc1NC(=O)c1cn[nH]c1. The first-order valence-electron chi connectivity index (χ1n) is 6.77. The van der Waals surface area contributed by atoms with E-state index in [0.717, 1.165) is 23.2 Å². The molecule has 0 aliphatic rings. The minimum atomic E-state index is -0.197. The number of rotatable bonds is 4. The van der Waals surface area contributed by atoms with Gasteiger partial charge in [0, 0.05) is 23.9 Å². The van der Waals surface area contributed by atoms with Crippen LogP contribution in [-0.2, 0) is 6.42 Å². The summed E-state index contributed by atoms with van der Waals surface area (Å²) in [5, 5.41) is 18.0. The zero-order valence-electron chi connectivity index (χ0n) is 11.8. The maximum atomic E-state index is 12.0. The number of anilines is 1. The average molecular weight is 283 g/mol. The van der Waals surface area contributed by atoms with Crippen LogP contribution in [0.3, 0.4) is 0 Å². The van der Waals surface area contributed by atoms with E-state index in [0.29, 0.717) is 12.0 Å². The number of carbonyl (C=O) groups is 1. The van der Waals surface area contributed by atoms with Crippen LogP contribution in [0, 0.1) is 11.8 Å². The second kappa shape index (κ2) is 7.27. The van der Waals surface area contributed by atoms with Gasteiger partial charge in [-0.25, -0.2) is 0 Å². The van der Waals surface area contributed by atoms with Crippen molar-refractivity contribution in [3.63, 3.8) is 0 Å². The van der Waals surface area contributed by atoms with Crippen molar-refractivity contribution in [1.29, 1.82) is 0 Å². The fourth-order valence-electron chi connectivity index (χ4n) is 1.88. The Morgan fingerprint density at radius 1 is 1.48 bits per heavy atom. The Bertz CT molecular complexity index is 667. The minimum absolute atomic E-state index is 0.0620. The molecule has 5 nitrogen and oxygen atoms in total. The predicted molar refractivity (Wildman–Crippen MR) is 80.9 cm³/mol. The molecule has 0 unspecified atom stereocenters. The quantitative estimate of drug-likeness (QED) is 0.751. The predicted octanol–water partition coefficient (Wildman–Crippen LogP) is 1.96. The number of H-pyrrole nitrogens is 1. The lowest BCUT2D eigenvalue weighted by molar-refractivity contribution is 0.102. The van der Waals surface area contributed by atoms with Crippen molar-refractivity contribution in [2.75, 3.05) is 11.9 Å². The van der Waals surface area contributed by atoms with Crippen molar-refractivity contribution in [2.45, 2.75) is 19.8 Å². The van der Waals surface area contributed by atoms with Gasteiger partial charge < -0.3 is 10.4 Å². The molecule has 2 rings (SSSR count). The van der Waals surface area contributed by atoms with Crippen LogP contribution in [0.1, 0.15) is 34.8 Å². The third-order valence-electron chi connectivity index (χ3n) is 2.96. The number of aryl methyl sites for hydroxylation is 1. The average Bonchev–Trinajstić information content (AvgIpc) is 3.03. The molecule has 0 bridgehead atoms. The highest BCUT2D eigenvalue weighted by Crippen LogP contribution is 2.19. The third kappa shape index (κ3) is 3.94. The number of aromatic nitrogens is 2. The maximum absolute atomic E-state index is 12.0. The Hall–Kier alpha value is -2.58. The molecule has 0 aliphatic heterocycles. The maximum Gasteiger partial charge on any atom is 0.258 e. The Balaban J connectivity index is 2.17. The first-order valence-corrected chi connectivity index (χ1v) is 6.77. The molecule has 1 aromatic heterocycles. The van der Waals surface area contributed by atoms with E-state index in [-0.39, 0.29) is 12.5 Å². The van der Waals surface area contributed by atoms with Crippen molar-refractivity contribution in [3.05, 3.63) is 47.3 Å². The second-order valence-electron chi connectivity index (χ2n) is 4.44. The normalized spacial score (nSPS) is 9.81. The largest absolute Gasteiger partial charge is 0.395 e. The number of nitrogens with zero attached hydrogens (tertiary/aromatic N) is 1. The number of aromatic amines is 1. The zero-order chi connectivity index (χ0) is 15.1. The zero-order valence-corrected chi connectivity index (χ0v) is 11.8. The molecule has 0 saturated heterocycles. The van der Waals surface area contributed by atoms with E-state index in [1.807, 2.05) is 25.1 Å². The van der Waals surface area contributed by atoms with Crippen LogP contribution in [0.5, 0.6) is 0 Å². The summed E-state index contributed by atoms with van der Waals surface area (Å²) < 4.78 is 0. The van der Waals surface area contributed by atoms with Crippen molar-refractivity contribution in [3.8, 4) is 11.8 Å². The highest BCUT2D eigenvalue weighted by molar-refractivity contribution is 6.04. The molecule has 3 N–H and O–H groups in total. The van der Waals surface area contributed by atoms with Gasteiger partial charge in [0.15, 0.2) is 0 Å². The van der Waals surface area contributed by atoms with E-state index in [4.69, 9.17) is 5.11 Å². The first-order chi connectivity index (χ1) is 10.2. The second-order valence-corrected chi connectivity index (χ2v) is 4.44. The number of aliphatic hydroxyl groups is 1. The summed E-state index contributed by atoms with van der Waals surface area (Å²) in [5.74, 6) is 5.68. The molecule has 0 aliphatic carbocycles. The van der Waals surface area contributed by atoms with Gasteiger partial charge in [-0.05, 0) is 30.2 Å². The molecule has 0 fully saturated rings. The van der Waals surface area contributed by atoms with Gasteiger partial charge in [0.05, 0.1) is 18.4 Å². The summed E-state index contributed by atoms with van der Waals surface area (Å²) in [7, 11) is 0. The van der Waals surface area contributed by atoms with Crippen LogP contribution in [-0.4, -0.2) is 27.8 Å². The molecule has 1 heterocycles. The van der Waals surface area contributed by atoms with Gasteiger partial charge in [0.1, 0.15) is 0 Å². The topological polar surface area (TPSA) is 78.0 Å². The molecule has 0 spiro atoms. The number of carbonyl (C=O) groups excluding carboxylic acids is 1. The lowest BCUT2D eigenvalue weighted by atomic mass is 10.1. The molecule has 108 valence electrons. The van der Waals surface area contributed by atoms with Crippen molar-refractivity contribution >= 4 is 11.6 Å². The molecule has 1 amide bonds. The molecular formula is C16H17N3O2. The Labute approximate surface area is 123 Å². The Morgan fingerprint density at radius 3 is 3.00 bits per heavy atom. The summed E-state index contributed by atoms with van der Waals surface area (Å²) in [6, 6.07) is 5.66. The van der Waals surface area contributed by atoms with Gasteiger partial charge >= 0.3 is 0 Å². The van der Waals surface area contributed by atoms with Crippen LogP contribution >= 0.6 is 0 Å². The van der Waals surface area contributed by atoms with E-state index in [1.54, 1.807) is 6.20 Å². The molecule has 2 aromatic rings. The van der Waals surface area contributed by atoms with Gasteiger partial charge in [-0.1, -0.05) is 18.8 Å². The van der Waals surface area contributed by atoms with Crippen LogP contribution < -0.4 is 5.32 Å². The first kappa shape index (κ1) is 14.8. The number of amides is 1. The molecule has 1 aromatic carbocycles. The van der Waals surface area contributed by atoms with E-state index in [2.05, 4.69) is 27.4 Å². The van der Waals surface area contributed by atoms with Gasteiger partial charge in [0.2, 0.25) is 0 Å². The fraction of sp³-hybridized carbons (Fsp3) is 0.250. The van der Waals surface area contributed by atoms with Gasteiger partial charge in [-0.15, -0.1) is 0 Å². The van der Waals surface area contributed by atoms with Crippen LogP contribution in [0.15, 0.2) is 30.6 Å². The smallest absolute Gasteiger partial charge is 0.258 e. The molecule has 0 atom stereocenters. The van der Waals surface area contributed by atoms with E-state index < -0.39 is 0 Å². The highest BCUT2D eigenvalue weighted by Gasteiger charge is 2.09. The van der Waals surface area contributed by atoms with Gasteiger partial charge in [0.25, 0.3) is 5.91 Å². The molecule has 0 radical (unpaired) electrons. The number of hydrogen-bond donors (Lipinski definition) is 3.